The normalized spacial score (nSPS) is 14.7. The fourth-order valence-corrected chi connectivity index (χ4v) is 19.7. The molecule has 0 atom stereocenters. The van der Waals surface area contributed by atoms with Crippen LogP contribution in [0.15, 0.2) is 395 Å². The number of para-hydroxylation sites is 8. The van der Waals surface area contributed by atoms with Crippen LogP contribution in [-0.4, -0.2) is 15.8 Å². The van der Waals surface area contributed by atoms with Crippen molar-refractivity contribution in [1.29, 1.82) is 0 Å². The highest BCUT2D eigenvalue weighted by Gasteiger charge is 2.47. The quantitative estimate of drug-likeness (QED) is 0.128. The second kappa shape index (κ2) is 27.1. The molecule has 18 aromatic carbocycles. The Hall–Kier alpha value is -15.4. The first kappa shape index (κ1) is 57.0. The molecule has 586 valence electrons. The van der Waals surface area contributed by atoms with Crippen molar-refractivity contribution < 1.29 is 35.2 Å². The first-order chi connectivity index (χ1) is 67.4. The maximum absolute atomic E-state index is 10.2. The molecule has 23 aromatic rings. The van der Waals surface area contributed by atoms with Gasteiger partial charge in [0.2, 0.25) is 0 Å². The van der Waals surface area contributed by atoms with Gasteiger partial charge in [0.1, 0.15) is 33.5 Å². The Bertz CT molecular complexity index is 9250. The lowest BCUT2D eigenvalue weighted by molar-refractivity contribution is 0.590. The molecule has 0 amide bonds. The van der Waals surface area contributed by atoms with E-state index >= 15 is 0 Å². The summed E-state index contributed by atoms with van der Waals surface area (Å²) in [6.45, 7) is 12.3. The van der Waals surface area contributed by atoms with Gasteiger partial charge in [-0.25, -0.2) is 0 Å². The molecule has 0 bridgehead atoms. The monoisotopic (exact) mass is 1600 g/mol. The molecule has 0 N–H and O–H groups in total. The summed E-state index contributed by atoms with van der Waals surface area (Å²) in [5.74, 6) is 0. The summed E-state index contributed by atoms with van der Waals surface area (Å²) in [5, 5.41) is 4.74. The second-order valence-corrected chi connectivity index (χ2v) is 34.6. The number of hydrogen-bond acceptors (Lipinski definition) is 5. The van der Waals surface area contributed by atoms with Gasteiger partial charge in [-0.15, -0.1) is 0 Å². The van der Waals surface area contributed by atoms with E-state index in [1.807, 2.05) is 158 Å². The lowest BCUT2D eigenvalue weighted by Gasteiger charge is -2.46. The molecule has 0 aliphatic carbocycles. The number of benzene rings is 18. The second-order valence-electron chi connectivity index (χ2n) is 34.6. The van der Waals surface area contributed by atoms with Crippen LogP contribution in [0.4, 0.5) is 34.1 Å². The van der Waals surface area contributed by atoms with Crippen LogP contribution in [0, 0.1) is 0 Å². The van der Waals surface area contributed by atoms with E-state index in [9.17, 15) is 21.9 Å². The zero-order valence-electron chi connectivity index (χ0n) is 84.2. The third-order valence-corrected chi connectivity index (χ3v) is 25.5. The predicted molar refractivity (Wildman–Crippen MR) is 521 cm³/mol. The first-order valence-electron chi connectivity index (χ1n) is 49.8. The van der Waals surface area contributed by atoms with Crippen LogP contribution < -0.4 is 26.2 Å². The number of rotatable bonds is 10. The van der Waals surface area contributed by atoms with Gasteiger partial charge in [-0.05, 0) is 193 Å². The number of nitrogens with zero attached hydrogens (tertiary/aromatic N) is 4. The molecule has 2 aliphatic rings. The van der Waals surface area contributed by atoms with E-state index in [1.54, 1.807) is 9.13 Å². The number of fused-ring (bicyclic) bond motifs is 19. The van der Waals surface area contributed by atoms with Crippen molar-refractivity contribution in [2.24, 2.45) is 0 Å². The van der Waals surface area contributed by atoms with Crippen LogP contribution >= 0.6 is 0 Å². The van der Waals surface area contributed by atoms with Crippen molar-refractivity contribution in [3.8, 4) is 78.1 Å². The molecule has 25 rings (SSSR count). The third kappa shape index (κ3) is 10.8. The zero-order chi connectivity index (χ0) is 96.5. The first-order valence-corrected chi connectivity index (χ1v) is 41.8. The van der Waals surface area contributed by atoms with Gasteiger partial charge in [-0.1, -0.05) is 302 Å². The minimum Gasteiger partial charge on any atom is -0.456 e. The highest BCUT2D eigenvalue weighted by Crippen LogP contribution is 2.58. The molecule has 8 heteroatoms. The van der Waals surface area contributed by atoms with Gasteiger partial charge < -0.3 is 32.2 Å². The van der Waals surface area contributed by atoms with E-state index in [4.69, 9.17) is 13.3 Å². The fourth-order valence-electron chi connectivity index (χ4n) is 19.7. The van der Waals surface area contributed by atoms with E-state index < -0.39 is 114 Å². The largest absolute Gasteiger partial charge is 0.456 e. The van der Waals surface area contributed by atoms with Gasteiger partial charge in [0.05, 0.1) is 55.4 Å². The Balaban J connectivity index is 0.926. The van der Waals surface area contributed by atoms with Gasteiger partial charge in [-0.3, -0.25) is 0 Å². The molecule has 7 heterocycles. The SMILES string of the molecule is [2H]c1c([2H])c([2H])c2c(c1[2H])c1c([2H])c([2H])c([2H])c([2H])c1n2-c1ccc2c(c1)N(c1c(-c3ccccc3)cc(C(C)(C)C)cc1-c1ccccc1)c1cc(-c3cc(-c4cccc5oc6ccccc6c45)c4oc5ccccc5c4c3)cc3c1B2c1ccc(-n2c4c([2H])c([2H])c([2H])c([2H])c4c4c([2H])c([2H])c([2H])c([2H])c42)cc1N3c1c(-c2ccccc2)cc(C(C)(C)C)cc1-c1cccc2c1oc1ccccc12. The van der Waals surface area contributed by atoms with Gasteiger partial charge in [-0.2, -0.15) is 0 Å². The van der Waals surface area contributed by atoms with Crippen LogP contribution in [0.5, 0.6) is 0 Å². The van der Waals surface area contributed by atoms with Crippen LogP contribution in [0.2, 0.25) is 0 Å². The van der Waals surface area contributed by atoms with Crippen molar-refractivity contribution in [3.05, 3.63) is 393 Å². The van der Waals surface area contributed by atoms with Crippen molar-refractivity contribution >= 4 is 167 Å². The van der Waals surface area contributed by atoms with Crippen LogP contribution in [-0.2, 0) is 10.8 Å². The van der Waals surface area contributed by atoms with Gasteiger partial charge in [0.15, 0.2) is 0 Å². The van der Waals surface area contributed by atoms with E-state index in [-0.39, 0.29) is 55.0 Å². The van der Waals surface area contributed by atoms with Crippen LogP contribution in [0.25, 0.3) is 188 Å². The minimum atomic E-state index is -0.913. The maximum atomic E-state index is 10.2. The summed E-state index contributed by atoms with van der Waals surface area (Å²) in [7, 11) is 0. The minimum absolute atomic E-state index is 0.0846. The molecular weight excluding hydrogens is 1510 g/mol. The zero-order valence-corrected chi connectivity index (χ0v) is 68.2. The molecule has 0 saturated heterocycles. The Labute approximate surface area is 740 Å². The summed E-state index contributed by atoms with van der Waals surface area (Å²) in [4.78, 5) is 4.67. The standard InChI is InChI=1S/C116H81BN4O3/c1-115(2,3)75-64-89(70-32-10-7-11-33-70)111(90(65-75)71-34-12-8-13-35-71)120-101-68-77(118-97-48-23-16-38-79(97)80-39-17-24-49-98(80)118)56-58-95(101)117-96-59-57-78(119-99-50-25-18-40-81(99)82-41-19-26-51-100(82)119)69-102(96)121(112-91(72-36-14-9-15-37-72)66-76(116(4,5)6)67-92(112)87-47-30-46-86-83-42-20-27-52-105(83)123-113(86)87)104-63-74(62-103(120)110(104)117)73-60-93-84-43-21-28-53-106(84)124-114(93)94(61-73)85-45-31-55-108-109(85)88-44-22-29-54-107(88)122-108/h7-69H,1-6H3/i16D,17D,18D,19D,23D,24D,25D,26D,38D,39D,40D,41D,48D,49D,50D,51D. The predicted octanol–water partition coefficient (Wildman–Crippen LogP) is 30.3. The molecule has 0 spiro atoms. The smallest absolute Gasteiger partial charge is 0.252 e. The Morgan fingerprint density at radius 1 is 0.266 bits per heavy atom. The summed E-state index contributed by atoms with van der Waals surface area (Å²) in [6, 6.07) is 88.4. The topological polar surface area (TPSA) is 55.8 Å². The van der Waals surface area contributed by atoms with Crippen LogP contribution in [0.1, 0.15) is 74.6 Å². The van der Waals surface area contributed by atoms with Gasteiger partial charge in [0.25, 0.3) is 6.71 Å². The molecular formula is C116H81BN4O3. The van der Waals surface area contributed by atoms with Crippen molar-refractivity contribution in [2.45, 2.75) is 52.4 Å². The number of aromatic nitrogens is 2. The lowest BCUT2D eigenvalue weighted by Crippen LogP contribution is -2.61. The maximum Gasteiger partial charge on any atom is 0.252 e. The molecule has 5 aromatic heterocycles. The Kier molecular flexibility index (Phi) is 12.4. The van der Waals surface area contributed by atoms with Crippen molar-refractivity contribution in [1.82, 2.24) is 9.13 Å². The highest BCUT2D eigenvalue weighted by molar-refractivity contribution is 7.00. The van der Waals surface area contributed by atoms with Crippen molar-refractivity contribution in [3.63, 3.8) is 0 Å². The molecule has 0 saturated carbocycles. The highest BCUT2D eigenvalue weighted by atomic mass is 16.3. The molecule has 124 heavy (non-hydrogen) atoms. The number of furan rings is 3. The molecule has 0 unspecified atom stereocenters. The third-order valence-electron chi connectivity index (χ3n) is 25.5. The van der Waals surface area contributed by atoms with Gasteiger partial charge in [0, 0.05) is 121 Å². The average molecular weight is 1610 g/mol. The van der Waals surface area contributed by atoms with E-state index in [0.29, 0.717) is 84.1 Å². The average Bonchev–Trinajstić information content (AvgIpc) is 0.868. The Morgan fingerprint density at radius 3 is 1.13 bits per heavy atom. The number of hydrogen-bond donors (Lipinski definition) is 0. The van der Waals surface area contributed by atoms with Crippen molar-refractivity contribution in [2.75, 3.05) is 9.80 Å². The Morgan fingerprint density at radius 2 is 0.645 bits per heavy atom. The van der Waals surface area contributed by atoms with Crippen LogP contribution in [0.3, 0.4) is 0 Å². The molecule has 7 nitrogen and oxygen atoms in total. The van der Waals surface area contributed by atoms with E-state index in [2.05, 4.69) is 179 Å². The molecule has 0 radical (unpaired) electrons. The summed E-state index contributed by atoms with van der Waals surface area (Å²) in [5.41, 5.74) is 20.2. The summed E-state index contributed by atoms with van der Waals surface area (Å²) >= 11 is 0. The van der Waals surface area contributed by atoms with E-state index in [0.717, 1.165) is 110 Å². The molecule has 0 fully saturated rings. The molecule has 2 aliphatic heterocycles. The lowest BCUT2D eigenvalue weighted by atomic mass is 9.33. The number of anilines is 6. The van der Waals surface area contributed by atoms with Gasteiger partial charge >= 0.3 is 0 Å². The summed E-state index contributed by atoms with van der Waals surface area (Å²) < 4.78 is 180. The van der Waals surface area contributed by atoms with E-state index in [1.165, 1.54) is 0 Å². The fraction of sp³-hybridized carbons (Fsp3) is 0.0690. The summed E-state index contributed by atoms with van der Waals surface area (Å²) in [6.07, 6.45) is 0.